The average Bonchev–Trinajstić information content (AvgIpc) is 2.67. The van der Waals surface area contributed by atoms with Crippen molar-refractivity contribution >= 4 is 5.97 Å². The Morgan fingerprint density at radius 1 is 1.47 bits per heavy atom. The molecule has 1 aliphatic rings. The molecule has 0 saturated heterocycles. The maximum absolute atomic E-state index is 11.1. The SMILES string of the molecule is CCC(C)N(CC)C1CCCC1C(=O)O. The summed E-state index contributed by atoms with van der Waals surface area (Å²) in [6.45, 7) is 7.45. The van der Waals surface area contributed by atoms with Gasteiger partial charge in [0.1, 0.15) is 0 Å². The van der Waals surface area contributed by atoms with Crippen molar-refractivity contribution in [2.75, 3.05) is 6.54 Å². The summed E-state index contributed by atoms with van der Waals surface area (Å²) in [4.78, 5) is 13.5. The topological polar surface area (TPSA) is 40.5 Å². The van der Waals surface area contributed by atoms with Crippen LogP contribution in [-0.4, -0.2) is 34.6 Å². The molecular weight excluding hydrogens is 190 g/mol. The van der Waals surface area contributed by atoms with E-state index in [4.69, 9.17) is 5.11 Å². The Morgan fingerprint density at radius 2 is 2.13 bits per heavy atom. The normalized spacial score (nSPS) is 28.3. The molecule has 0 amide bonds. The number of hydrogen-bond acceptors (Lipinski definition) is 2. The van der Waals surface area contributed by atoms with E-state index < -0.39 is 5.97 Å². The maximum Gasteiger partial charge on any atom is 0.308 e. The van der Waals surface area contributed by atoms with Crippen molar-refractivity contribution in [3.63, 3.8) is 0 Å². The predicted molar refractivity (Wildman–Crippen MR) is 60.9 cm³/mol. The second-order valence-electron chi connectivity index (χ2n) is 4.53. The summed E-state index contributed by atoms with van der Waals surface area (Å²) in [6, 6.07) is 0.766. The number of carboxylic acids is 1. The summed E-state index contributed by atoms with van der Waals surface area (Å²) in [6.07, 6.45) is 4.06. The van der Waals surface area contributed by atoms with Crippen LogP contribution in [0, 0.1) is 5.92 Å². The van der Waals surface area contributed by atoms with Crippen LogP contribution in [0.5, 0.6) is 0 Å². The zero-order valence-electron chi connectivity index (χ0n) is 10.1. The van der Waals surface area contributed by atoms with Gasteiger partial charge in [-0.3, -0.25) is 9.69 Å². The number of nitrogens with zero attached hydrogens (tertiary/aromatic N) is 1. The van der Waals surface area contributed by atoms with Crippen LogP contribution < -0.4 is 0 Å². The van der Waals surface area contributed by atoms with E-state index in [1.165, 1.54) is 0 Å². The van der Waals surface area contributed by atoms with Crippen LogP contribution in [0.1, 0.15) is 46.5 Å². The first-order valence-corrected chi connectivity index (χ1v) is 6.10. The third-order valence-corrected chi connectivity index (χ3v) is 3.74. The summed E-state index contributed by atoms with van der Waals surface area (Å²) in [5.74, 6) is -0.752. The van der Waals surface area contributed by atoms with Gasteiger partial charge in [0.2, 0.25) is 0 Å². The Labute approximate surface area is 92.5 Å². The lowest BCUT2D eigenvalue weighted by Crippen LogP contribution is -2.45. The van der Waals surface area contributed by atoms with Gasteiger partial charge < -0.3 is 5.11 Å². The van der Waals surface area contributed by atoms with Gasteiger partial charge in [-0.15, -0.1) is 0 Å². The van der Waals surface area contributed by atoms with Gasteiger partial charge in [-0.05, 0) is 32.7 Å². The molecule has 0 spiro atoms. The van der Waals surface area contributed by atoms with E-state index in [-0.39, 0.29) is 12.0 Å². The molecule has 0 bridgehead atoms. The second-order valence-corrected chi connectivity index (χ2v) is 4.53. The molecule has 3 heteroatoms. The molecule has 1 N–H and O–H groups in total. The smallest absolute Gasteiger partial charge is 0.308 e. The average molecular weight is 213 g/mol. The highest BCUT2D eigenvalue weighted by atomic mass is 16.4. The van der Waals surface area contributed by atoms with Crippen molar-refractivity contribution in [1.82, 2.24) is 4.90 Å². The summed E-state index contributed by atoms with van der Waals surface area (Å²) in [5.41, 5.74) is 0. The van der Waals surface area contributed by atoms with E-state index in [1.807, 2.05) is 0 Å². The van der Waals surface area contributed by atoms with Gasteiger partial charge in [0.05, 0.1) is 5.92 Å². The molecule has 0 radical (unpaired) electrons. The van der Waals surface area contributed by atoms with E-state index in [0.717, 1.165) is 32.2 Å². The minimum Gasteiger partial charge on any atom is -0.481 e. The first-order valence-electron chi connectivity index (χ1n) is 6.10. The Bertz CT molecular complexity index is 218. The van der Waals surface area contributed by atoms with Crippen molar-refractivity contribution in [2.24, 2.45) is 5.92 Å². The molecule has 0 heterocycles. The summed E-state index contributed by atoms with van der Waals surface area (Å²) < 4.78 is 0. The molecule has 0 aromatic rings. The second kappa shape index (κ2) is 5.50. The van der Waals surface area contributed by atoms with Crippen molar-refractivity contribution in [2.45, 2.75) is 58.5 Å². The molecule has 1 saturated carbocycles. The summed E-state index contributed by atoms with van der Waals surface area (Å²) in [7, 11) is 0. The van der Waals surface area contributed by atoms with E-state index in [9.17, 15) is 4.79 Å². The maximum atomic E-state index is 11.1. The fourth-order valence-electron chi connectivity index (χ4n) is 2.73. The predicted octanol–water partition coefficient (Wildman–Crippen LogP) is 2.36. The highest BCUT2D eigenvalue weighted by molar-refractivity contribution is 5.71. The molecule has 3 atom stereocenters. The third-order valence-electron chi connectivity index (χ3n) is 3.74. The van der Waals surface area contributed by atoms with Crippen molar-refractivity contribution in [1.29, 1.82) is 0 Å². The molecule has 88 valence electrons. The number of carbonyl (C=O) groups is 1. The zero-order chi connectivity index (χ0) is 11.4. The number of carboxylic acid groups (broad SMARTS) is 1. The molecule has 1 aliphatic carbocycles. The highest BCUT2D eigenvalue weighted by Crippen LogP contribution is 2.31. The standard InChI is InChI=1S/C12H23NO2/c1-4-9(3)13(5-2)11-8-6-7-10(11)12(14)15/h9-11H,4-8H2,1-3H3,(H,14,15). The summed E-state index contributed by atoms with van der Waals surface area (Å²) in [5, 5.41) is 9.16. The highest BCUT2D eigenvalue weighted by Gasteiger charge is 2.37. The largest absolute Gasteiger partial charge is 0.481 e. The van der Waals surface area contributed by atoms with Gasteiger partial charge in [-0.25, -0.2) is 0 Å². The van der Waals surface area contributed by atoms with Crippen LogP contribution in [0.25, 0.3) is 0 Å². The molecule has 3 unspecified atom stereocenters. The molecule has 3 nitrogen and oxygen atoms in total. The first kappa shape index (κ1) is 12.5. The third kappa shape index (κ3) is 2.71. The molecule has 0 aliphatic heterocycles. The van der Waals surface area contributed by atoms with E-state index >= 15 is 0 Å². The lowest BCUT2D eigenvalue weighted by Gasteiger charge is -2.35. The minimum absolute atomic E-state index is 0.140. The Hall–Kier alpha value is -0.570. The van der Waals surface area contributed by atoms with Crippen molar-refractivity contribution < 1.29 is 9.90 Å². The molecule has 15 heavy (non-hydrogen) atoms. The van der Waals surface area contributed by atoms with E-state index in [2.05, 4.69) is 25.7 Å². The Kier molecular flexibility index (Phi) is 4.58. The zero-order valence-corrected chi connectivity index (χ0v) is 10.1. The van der Waals surface area contributed by atoms with Gasteiger partial charge in [0.15, 0.2) is 0 Å². The fraction of sp³-hybridized carbons (Fsp3) is 0.917. The van der Waals surface area contributed by atoms with E-state index in [1.54, 1.807) is 0 Å². The lowest BCUT2D eigenvalue weighted by molar-refractivity contribution is -0.143. The minimum atomic E-state index is -0.612. The van der Waals surface area contributed by atoms with Crippen LogP contribution in [-0.2, 0) is 4.79 Å². The monoisotopic (exact) mass is 213 g/mol. The quantitative estimate of drug-likeness (QED) is 0.762. The van der Waals surface area contributed by atoms with Crippen molar-refractivity contribution in [3.8, 4) is 0 Å². The lowest BCUT2D eigenvalue weighted by atomic mass is 10.0. The molecule has 0 aromatic heterocycles. The van der Waals surface area contributed by atoms with Gasteiger partial charge in [0.25, 0.3) is 0 Å². The molecule has 1 rings (SSSR count). The summed E-state index contributed by atoms with van der Waals surface area (Å²) >= 11 is 0. The van der Waals surface area contributed by atoms with Gasteiger partial charge in [0, 0.05) is 12.1 Å². The fourth-order valence-corrected chi connectivity index (χ4v) is 2.73. The van der Waals surface area contributed by atoms with Gasteiger partial charge in [-0.1, -0.05) is 20.3 Å². The van der Waals surface area contributed by atoms with Crippen LogP contribution in [0.15, 0.2) is 0 Å². The Morgan fingerprint density at radius 3 is 2.60 bits per heavy atom. The van der Waals surface area contributed by atoms with Crippen LogP contribution >= 0.6 is 0 Å². The molecule has 0 aromatic carbocycles. The van der Waals surface area contributed by atoms with Crippen LogP contribution in [0.4, 0.5) is 0 Å². The number of aliphatic carboxylic acids is 1. The molecular formula is C12H23NO2. The number of rotatable bonds is 5. The van der Waals surface area contributed by atoms with E-state index in [0.29, 0.717) is 6.04 Å². The molecule has 1 fully saturated rings. The number of hydrogen-bond donors (Lipinski definition) is 1. The van der Waals surface area contributed by atoms with Gasteiger partial charge >= 0.3 is 5.97 Å². The first-order chi connectivity index (χ1) is 7.11. The van der Waals surface area contributed by atoms with Gasteiger partial charge in [-0.2, -0.15) is 0 Å². The van der Waals surface area contributed by atoms with Crippen LogP contribution in [0.2, 0.25) is 0 Å². The van der Waals surface area contributed by atoms with Crippen molar-refractivity contribution in [3.05, 3.63) is 0 Å². The van der Waals surface area contributed by atoms with Crippen LogP contribution in [0.3, 0.4) is 0 Å². The Balaban J connectivity index is 2.70.